The summed E-state index contributed by atoms with van der Waals surface area (Å²) in [5, 5.41) is -0.719. The SMILES string of the molecule is CC(C)S(=O)(=O)Oc1cccc(CN(Cc2ccc(F)cc2)C(=O)c2ccccc2F)c1. The molecule has 3 aromatic rings. The highest BCUT2D eigenvalue weighted by Gasteiger charge is 2.21. The number of carbonyl (C=O) groups excluding carboxylic acids is 1. The molecule has 0 bridgehead atoms. The first-order valence-corrected chi connectivity index (χ1v) is 11.4. The van der Waals surface area contributed by atoms with E-state index < -0.39 is 32.9 Å². The second-order valence-electron chi connectivity index (χ2n) is 7.54. The van der Waals surface area contributed by atoms with Crippen molar-refractivity contribution in [3.05, 3.63) is 101 Å². The van der Waals surface area contributed by atoms with E-state index in [1.54, 1.807) is 30.3 Å². The third-order valence-electron chi connectivity index (χ3n) is 4.74. The number of amides is 1. The molecule has 0 spiro atoms. The molecular formula is C24H23F2NO4S. The lowest BCUT2D eigenvalue weighted by Crippen LogP contribution is -2.30. The maximum Gasteiger partial charge on any atom is 0.311 e. The van der Waals surface area contributed by atoms with E-state index in [1.807, 2.05) is 0 Å². The zero-order chi connectivity index (χ0) is 23.3. The normalized spacial score (nSPS) is 11.4. The minimum atomic E-state index is -3.78. The number of carbonyl (C=O) groups is 1. The molecular weight excluding hydrogens is 436 g/mol. The quantitative estimate of drug-likeness (QED) is 0.449. The lowest BCUT2D eigenvalue weighted by atomic mass is 10.1. The van der Waals surface area contributed by atoms with Gasteiger partial charge in [-0.25, -0.2) is 8.78 Å². The van der Waals surface area contributed by atoms with E-state index in [0.717, 1.165) is 0 Å². The number of benzene rings is 3. The molecule has 0 fully saturated rings. The number of halogens is 2. The van der Waals surface area contributed by atoms with E-state index in [0.29, 0.717) is 11.1 Å². The van der Waals surface area contributed by atoms with Crippen molar-refractivity contribution in [2.45, 2.75) is 32.2 Å². The van der Waals surface area contributed by atoms with Gasteiger partial charge in [0.1, 0.15) is 17.4 Å². The van der Waals surface area contributed by atoms with Crippen molar-refractivity contribution in [2.24, 2.45) is 0 Å². The van der Waals surface area contributed by atoms with Crippen LogP contribution in [0.5, 0.6) is 5.75 Å². The van der Waals surface area contributed by atoms with Gasteiger partial charge < -0.3 is 9.08 Å². The van der Waals surface area contributed by atoms with Crippen LogP contribution in [0.25, 0.3) is 0 Å². The first-order chi connectivity index (χ1) is 15.2. The highest BCUT2D eigenvalue weighted by Crippen LogP contribution is 2.21. The summed E-state index contributed by atoms with van der Waals surface area (Å²) < 4.78 is 56.9. The van der Waals surface area contributed by atoms with Gasteiger partial charge in [0.15, 0.2) is 0 Å². The largest absolute Gasteiger partial charge is 0.382 e. The van der Waals surface area contributed by atoms with Crippen LogP contribution in [0, 0.1) is 11.6 Å². The fourth-order valence-electron chi connectivity index (χ4n) is 2.96. The number of rotatable bonds is 8. The average molecular weight is 460 g/mol. The van der Waals surface area contributed by atoms with Gasteiger partial charge in [-0.3, -0.25) is 4.79 Å². The van der Waals surface area contributed by atoms with E-state index in [1.165, 1.54) is 61.2 Å². The molecule has 8 heteroatoms. The minimum Gasteiger partial charge on any atom is -0.382 e. The molecule has 1 amide bonds. The van der Waals surface area contributed by atoms with Crippen LogP contribution in [-0.4, -0.2) is 24.5 Å². The first-order valence-electron chi connectivity index (χ1n) is 9.96. The minimum absolute atomic E-state index is 0.0590. The Morgan fingerprint density at radius 1 is 0.906 bits per heavy atom. The van der Waals surface area contributed by atoms with Crippen molar-refractivity contribution in [2.75, 3.05) is 0 Å². The van der Waals surface area contributed by atoms with Crippen LogP contribution in [0.4, 0.5) is 8.78 Å². The zero-order valence-corrected chi connectivity index (χ0v) is 18.5. The molecule has 3 aromatic carbocycles. The molecule has 3 rings (SSSR count). The molecule has 0 aliphatic rings. The van der Waals surface area contributed by atoms with E-state index in [-0.39, 0.29) is 24.4 Å². The van der Waals surface area contributed by atoms with Crippen LogP contribution in [0.15, 0.2) is 72.8 Å². The molecule has 0 aliphatic heterocycles. The molecule has 32 heavy (non-hydrogen) atoms. The van der Waals surface area contributed by atoms with Gasteiger partial charge in [0, 0.05) is 13.1 Å². The van der Waals surface area contributed by atoms with Gasteiger partial charge in [-0.1, -0.05) is 36.4 Å². The van der Waals surface area contributed by atoms with E-state index in [9.17, 15) is 22.0 Å². The number of nitrogens with zero attached hydrogens (tertiary/aromatic N) is 1. The van der Waals surface area contributed by atoms with Crippen LogP contribution in [0.1, 0.15) is 35.3 Å². The van der Waals surface area contributed by atoms with Crippen LogP contribution < -0.4 is 4.18 Å². The van der Waals surface area contributed by atoms with E-state index in [4.69, 9.17) is 4.18 Å². The summed E-state index contributed by atoms with van der Waals surface area (Å²) in [5.74, 6) is -1.48. The molecule has 0 atom stereocenters. The Morgan fingerprint density at radius 3 is 2.22 bits per heavy atom. The fourth-order valence-corrected chi connectivity index (χ4v) is 3.53. The van der Waals surface area contributed by atoms with Gasteiger partial charge >= 0.3 is 10.1 Å². The lowest BCUT2D eigenvalue weighted by Gasteiger charge is -2.24. The Morgan fingerprint density at radius 2 is 1.56 bits per heavy atom. The fraction of sp³-hybridized carbons (Fsp3) is 0.208. The van der Waals surface area contributed by atoms with Crippen LogP contribution >= 0.6 is 0 Å². The Bertz CT molecular complexity index is 1190. The standard InChI is InChI=1S/C24H23F2NO4S/c1-17(2)32(29,30)31-21-7-5-6-19(14-21)16-27(15-18-10-12-20(25)13-11-18)24(28)22-8-3-4-9-23(22)26/h3-14,17H,15-16H2,1-2H3. The van der Waals surface area contributed by atoms with Crippen LogP contribution in [-0.2, 0) is 23.2 Å². The maximum atomic E-state index is 14.3. The van der Waals surface area contributed by atoms with Crippen molar-refractivity contribution < 1.29 is 26.2 Å². The van der Waals surface area contributed by atoms with Crippen molar-refractivity contribution in [3.8, 4) is 5.75 Å². The molecule has 168 valence electrons. The Labute approximate surface area is 186 Å². The van der Waals surface area contributed by atoms with Crippen molar-refractivity contribution in [1.29, 1.82) is 0 Å². The molecule has 0 saturated carbocycles. The summed E-state index contributed by atoms with van der Waals surface area (Å²) in [7, 11) is -3.78. The topological polar surface area (TPSA) is 63.7 Å². The van der Waals surface area contributed by atoms with Gasteiger partial charge in [-0.05, 0) is 61.4 Å². The summed E-state index contributed by atoms with van der Waals surface area (Å²) in [6.07, 6.45) is 0. The number of hydrogen-bond donors (Lipinski definition) is 0. The third-order valence-corrected chi connectivity index (χ3v) is 6.32. The monoisotopic (exact) mass is 459 g/mol. The van der Waals surface area contributed by atoms with Gasteiger partial charge in [-0.15, -0.1) is 0 Å². The number of hydrogen-bond acceptors (Lipinski definition) is 4. The molecule has 0 unspecified atom stereocenters. The summed E-state index contributed by atoms with van der Waals surface area (Å²) in [6, 6.07) is 17.7. The predicted molar refractivity (Wildman–Crippen MR) is 118 cm³/mol. The van der Waals surface area contributed by atoms with Crippen LogP contribution in [0.3, 0.4) is 0 Å². The molecule has 5 nitrogen and oxygen atoms in total. The predicted octanol–water partition coefficient (Wildman–Crippen LogP) is 4.92. The second kappa shape index (κ2) is 9.91. The molecule has 0 heterocycles. The Hall–Kier alpha value is -3.26. The second-order valence-corrected chi connectivity index (χ2v) is 9.63. The van der Waals surface area contributed by atoms with E-state index in [2.05, 4.69) is 0 Å². The van der Waals surface area contributed by atoms with Gasteiger partial charge in [0.2, 0.25) is 0 Å². The van der Waals surface area contributed by atoms with Gasteiger partial charge in [0.25, 0.3) is 5.91 Å². The molecule has 0 radical (unpaired) electrons. The lowest BCUT2D eigenvalue weighted by molar-refractivity contribution is 0.0725. The van der Waals surface area contributed by atoms with Crippen molar-refractivity contribution >= 4 is 16.0 Å². The summed E-state index contributed by atoms with van der Waals surface area (Å²) in [5.41, 5.74) is 1.16. The van der Waals surface area contributed by atoms with Gasteiger partial charge in [0.05, 0.1) is 10.8 Å². The Kier molecular flexibility index (Phi) is 7.25. The van der Waals surface area contributed by atoms with Gasteiger partial charge in [-0.2, -0.15) is 8.42 Å². The summed E-state index contributed by atoms with van der Waals surface area (Å²) >= 11 is 0. The summed E-state index contributed by atoms with van der Waals surface area (Å²) in [4.78, 5) is 14.5. The highest BCUT2D eigenvalue weighted by molar-refractivity contribution is 7.87. The Balaban J connectivity index is 1.90. The first kappa shape index (κ1) is 23.4. The zero-order valence-electron chi connectivity index (χ0n) is 17.7. The van der Waals surface area contributed by atoms with Crippen molar-refractivity contribution in [3.63, 3.8) is 0 Å². The van der Waals surface area contributed by atoms with E-state index >= 15 is 0 Å². The molecule has 0 saturated heterocycles. The maximum absolute atomic E-state index is 14.3. The molecule has 0 aromatic heterocycles. The smallest absolute Gasteiger partial charge is 0.311 e. The third kappa shape index (κ3) is 5.91. The van der Waals surface area contributed by atoms with Crippen molar-refractivity contribution in [1.82, 2.24) is 4.90 Å². The highest BCUT2D eigenvalue weighted by atomic mass is 32.2. The average Bonchev–Trinajstić information content (AvgIpc) is 2.74. The molecule has 0 N–H and O–H groups in total. The summed E-state index contributed by atoms with van der Waals surface area (Å²) in [6.45, 7) is 3.18. The van der Waals surface area contributed by atoms with Crippen LogP contribution in [0.2, 0.25) is 0 Å². The molecule has 0 aliphatic carbocycles.